The van der Waals surface area contributed by atoms with E-state index < -0.39 is 0 Å². The number of ketones is 1. The van der Waals surface area contributed by atoms with Gasteiger partial charge in [-0.2, -0.15) is 5.10 Å². The molecule has 110 valence electrons. The molecule has 1 heterocycles. The van der Waals surface area contributed by atoms with Gasteiger partial charge in [0.05, 0.1) is 19.3 Å². The monoisotopic (exact) mass is 286 g/mol. The third-order valence-electron chi connectivity index (χ3n) is 3.09. The quantitative estimate of drug-likeness (QED) is 0.791. The number of benzene rings is 1. The van der Waals surface area contributed by atoms with Crippen LogP contribution in [0.3, 0.4) is 0 Å². The van der Waals surface area contributed by atoms with Gasteiger partial charge in [0.15, 0.2) is 5.78 Å². The molecule has 0 saturated heterocycles. The van der Waals surface area contributed by atoms with Gasteiger partial charge in [-0.05, 0) is 44.5 Å². The Morgan fingerprint density at radius 1 is 1.33 bits per heavy atom. The lowest BCUT2D eigenvalue weighted by Gasteiger charge is -2.12. The lowest BCUT2D eigenvalue weighted by molar-refractivity contribution is 0.101. The molecule has 0 aliphatic rings. The molecule has 0 N–H and O–H groups in total. The minimum atomic E-state index is -0.175. The molecule has 21 heavy (non-hydrogen) atoms. The molecule has 0 amide bonds. The Balaban J connectivity index is 2.42. The molecule has 0 bridgehead atoms. The summed E-state index contributed by atoms with van der Waals surface area (Å²) in [5, 5.41) is 4.11. The van der Waals surface area contributed by atoms with E-state index in [1.807, 2.05) is 13.8 Å². The van der Waals surface area contributed by atoms with E-state index in [-0.39, 0.29) is 17.9 Å². The molecular weight excluding hydrogens is 268 g/mol. The van der Waals surface area contributed by atoms with Crippen LogP contribution in [0.4, 0.5) is 0 Å². The Morgan fingerprint density at radius 3 is 2.71 bits per heavy atom. The van der Waals surface area contributed by atoms with Crippen molar-refractivity contribution in [1.29, 1.82) is 0 Å². The van der Waals surface area contributed by atoms with Crippen LogP contribution in [0.5, 0.6) is 5.75 Å². The van der Waals surface area contributed by atoms with Crippen molar-refractivity contribution in [3.05, 3.63) is 57.5 Å². The number of hydrogen-bond acceptors (Lipinski definition) is 4. The lowest BCUT2D eigenvalue weighted by atomic mass is 10.1. The van der Waals surface area contributed by atoms with Crippen molar-refractivity contribution in [2.24, 2.45) is 0 Å². The van der Waals surface area contributed by atoms with Crippen molar-refractivity contribution in [3.8, 4) is 5.75 Å². The molecule has 2 aromatic rings. The van der Waals surface area contributed by atoms with Crippen molar-refractivity contribution in [2.75, 3.05) is 6.61 Å². The molecule has 5 heteroatoms. The van der Waals surface area contributed by atoms with E-state index in [1.54, 1.807) is 24.4 Å². The Kier molecular flexibility index (Phi) is 4.52. The molecule has 0 aliphatic carbocycles. The smallest absolute Gasteiger partial charge is 0.267 e. The Hall–Kier alpha value is -2.43. The number of carbonyl (C=O) groups is 1. The predicted molar refractivity (Wildman–Crippen MR) is 80.0 cm³/mol. The van der Waals surface area contributed by atoms with Gasteiger partial charge in [-0.25, -0.2) is 4.68 Å². The maximum Gasteiger partial charge on any atom is 0.267 e. The fraction of sp³-hybridized carbons (Fsp3) is 0.312. The van der Waals surface area contributed by atoms with Crippen LogP contribution in [0.1, 0.15) is 35.3 Å². The van der Waals surface area contributed by atoms with Crippen molar-refractivity contribution in [2.45, 2.75) is 27.3 Å². The molecule has 0 radical (unpaired) electrons. The van der Waals surface area contributed by atoms with Crippen molar-refractivity contribution >= 4 is 5.78 Å². The van der Waals surface area contributed by atoms with Crippen LogP contribution < -0.4 is 10.3 Å². The third-order valence-corrected chi connectivity index (χ3v) is 3.09. The molecule has 0 spiro atoms. The van der Waals surface area contributed by atoms with Crippen LogP contribution >= 0.6 is 0 Å². The molecular formula is C16H18N2O3. The first-order chi connectivity index (χ1) is 10.0. The topological polar surface area (TPSA) is 61.2 Å². The molecule has 1 aromatic heterocycles. The molecule has 1 aromatic carbocycles. The average Bonchev–Trinajstić information content (AvgIpc) is 2.43. The Labute approximate surface area is 123 Å². The summed E-state index contributed by atoms with van der Waals surface area (Å²) >= 11 is 0. The van der Waals surface area contributed by atoms with Crippen molar-refractivity contribution in [3.63, 3.8) is 0 Å². The minimum Gasteiger partial charge on any atom is -0.494 e. The second-order valence-corrected chi connectivity index (χ2v) is 4.84. The van der Waals surface area contributed by atoms with E-state index in [4.69, 9.17) is 4.74 Å². The molecule has 0 aliphatic heterocycles. The van der Waals surface area contributed by atoms with E-state index >= 15 is 0 Å². The number of aromatic nitrogens is 2. The van der Waals surface area contributed by atoms with Crippen molar-refractivity contribution < 1.29 is 9.53 Å². The predicted octanol–water partition coefficient (Wildman–Crippen LogP) is 2.20. The second kappa shape index (κ2) is 6.35. The fourth-order valence-corrected chi connectivity index (χ4v) is 2.02. The van der Waals surface area contributed by atoms with Crippen LogP contribution in [0.25, 0.3) is 0 Å². The van der Waals surface area contributed by atoms with E-state index in [0.717, 1.165) is 11.1 Å². The summed E-state index contributed by atoms with van der Waals surface area (Å²) in [7, 11) is 0. The average molecular weight is 286 g/mol. The maximum absolute atomic E-state index is 11.9. The van der Waals surface area contributed by atoms with Crippen LogP contribution in [0, 0.1) is 6.92 Å². The Morgan fingerprint density at radius 2 is 2.10 bits per heavy atom. The number of ether oxygens (including phenoxy) is 1. The SMILES string of the molecule is CCOc1ccc(C(C)=O)cc1Cn1ncc(C)cc1=O. The number of nitrogens with zero attached hydrogens (tertiary/aromatic N) is 2. The van der Waals surface area contributed by atoms with E-state index in [1.165, 1.54) is 17.7 Å². The summed E-state index contributed by atoms with van der Waals surface area (Å²) < 4.78 is 6.91. The number of Topliss-reactive ketones (excluding diaryl/α,β-unsaturated/α-hetero) is 1. The van der Waals surface area contributed by atoms with Gasteiger partial charge in [-0.3, -0.25) is 9.59 Å². The van der Waals surface area contributed by atoms with E-state index in [2.05, 4.69) is 5.10 Å². The summed E-state index contributed by atoms with van der Waals surface area (Å²) in [6, 6.07) is 6.76. The molecule has 0 unspecified atom stereocenters. The summed E-state index contributed by atoms with van der Waals surface area (Å²) in [6.07, 6.45) is 1.64. The summed E-state index contributed by atoms with van der Waals surface area (Å²) in [5.41, 5.74) is 2.00. The van der Waals surface area contributed by atoms with Gasteiger partial charge in [0, 0.05) is 17.2 Å². The first-order valence-electron chi connectivity index (χ1n) is 6.81. The highest BCUT2D eigenvalue weighted by molar-refractivity contribution is 5.94. The zero-order chi connectivity index (χ0) is 15.4. The van der Waals surface area contributed by atoms with E-state index in [9.17, 15) is 9.59 Å². The van der Waals surface area contributed by atoms with Crippen molar-refractivity contribution in [1.82, 2.24) is 9.78 Å². The van der Waals surface area contributed by atoms with Crippen LogP contribution in [0.2, 0.25) is 0 Å². The molecule has 5 nitrogen and oxygen atoms in total. The number of aryl methyl sites for hydroxylation is 1. The Bertz CT molecular complexity index is 720. The molecule has 2 rings (SSSR count). The van der Waals surface area contributed by atoms with Gasteiger partial charge >= 0.3 is 0 Å². The normalized spacial score (nSPS) is 10.4. The molecule has 0 fully saturated rings. The van der Waals surface area contributed by atoms with Gasteiger partial charge < -0.3 is 4.74 Å². The van der Waals surface area contributed by atoms with Crippen LogP contribution in [0.15, 0.2) is 35.3 Å². The minimum absolute atomic E-state index is 0.0245. The zero-order valence-electron chi connectivity index (χ0n) is 12.4. The largest absolute Gasteiger partial charge is 0.494 e. The van der Waals surface area contributed by atoms with Gasteiger partial charge in [0.2, 0.25) is 0 Å². The summed E-state index contributed by atoms with van der Waals surface area (Å²) in [5.74, 6) is 0.639. The summed E-state index contributed by atoms with van der Waals surface area (Å²) in [4.78, 5) is 23.4. The zero-order valence-corrected chi connectivity index (χ0v) is 12.4. The van der Waals surface area contributed by atoms with E-state index in [0.29, 0.717) is 17.9 Å². The molecule has 0 saturated carbocycles. The van der Waals surface area contributed by atoms with Gasteiger partial charge in [-0.1, -0.05) is 0 Å². The lowest BCUT2D eigenvalue weighted by Crippen LogP contribution is -2.23. The fourth-order valence-electron chi connectivity index (χ4n) is 2.02. The number of carbonyl (C=O) groups excluding carboxylic acids is 1. The third kappa shape index (κ3) is 3.56. The highest BCUT2D eigenvalue weighted by Gasteiger charge is 2.10. The first-order valence-corrected chi connectivity index (χ1v) is 6.81. The first kappa shape index (κ1) is 15.0. The molecule has 0 atom stereocenters. The number of rotatable bonds is 5. The highest BCUT2D eigenvalue weighted by Crippen LogP contribution is 2.21. The van der Waals surface area contributed by atoms with Gasteiger partial charge in [0.25, 0.3) is 5.56 Å². The van der Waals surface area contributed by atoms with Gasteiger partial charge in [-0.15, -0.1) is 0 Å². The number of hydrogen-bond donors (Lipinski definition) is 0. The summed E-state index contributed by atoms with van der Waals surface area (Å²) in [6.45, 7) is 6.01. The maximum atomic E-state index is 11.9. The highest BCUT2D eigenvalue weighted by atomic mass is 16.5. The van der Waals surface area contributed by atoms with Crippen LogP contribution in [-0.4, -0.2) is 22.2 Å². The standard InChI is InChI=1S/C16H18N2O3/c1-4-21-15-6-5-13(12(3)19)8-14(15)10-18-16(20)7-11(2)9-17-18/h5-9H,4,10H2,1-3H3. The second-order valence-electron chi connectivity index (χ2n) is 4.84. The van der Waals surface area contributed by atoms with Gasteiger partial charge in [0.1, 0.15) is 5.75 Å². The van der Waals surface area contributed by atoms with Crippen LogP contribution in [-0.2, 0) is 6.54 Å².